The molecule has 0 bridgehead atoms. The lowest BCUT2D eigenvalue weighted by Crippen LogP contribution is -2.36. The van der Waals surface area contributed by atoms with E-state index in [4.69, 9.17) is 0 Å². The molecule has 1 saturated heterocycles. The Morgan fingerprint density at radius 2 is 1.90 bits per heavy atom. The number of rotatable bonds is 6. The molecule has 7 nitrogen and oxygen atoms in total. The van der Waals surface area contributed by atoms with Crippen LogP contribution >= 0.6 is 11.3 Å². The van der Waals surface area contributed by atoms with Gasteiger partial charge in [0.1, 0.15) is 10.3 Å². The van der Waals surface area contributed by atoms with Crippen LogP contribution in [0.1, 0.15) is 37.8 Å². The van der Waals surface area contributed by atoms with Gasteiger partial charge in [-0.15, -0.1) is 0 Å². The lowest BCUT2D eigenvalue weighted by atomic mass is 10.1. The minimum absolute atomic E-state index is 0.0373. The van der Waals surface area contributed by atoms with Crippen LogP contribution in [0, 0.1) is 0 Å². The number of nitrogens with one attached hydrogen (secondary N) is 1. The van der Waals surface area contributed by atoms with Crippen molar-refractivity contribution in [3.05, 3.63) is 54.2 Å². The van der Waals surface area contributed by atoms with Crippen LogP contribution in [0.5, 0.6) is 0 Å². The smallest absolute Gasteiger partial charge is 0.223 e. The van der Waals surface area contributed by atoms with Crippen LogP contribution in [0.25, 0.3) is 10.3 Å². The molecule has 162 valence electrons. The van der Waals surface area contributed by atoms with Crippen molar-refractivity contribution in [3.63, 3.8) is 0 Å². The van der Waals surface area contributed by atoms with E-state index in [9.17, 15) is 9.59 Å². The van der Waals surface area contributed by atoms with E-state index in [2.05, 4.69) is 20.2 Å². The molecule has 0 unspecified atom stereocenters. The largest absolute Gasteiger partial charge is 0.350 e. The number of fused-ring (bicyclic) bond motifs is 1. The van der Waals surface area contributed by atoms with E-state index in [1.165, 1.54) is 0 Å². The first-order valence-electron chi connectivity index (χ1n) is 10.7. The van der Waals surface area contributed by atoms with Gasteiger partial charge in [0, 0.05) is 45.2 Å². The molecule has 0 radical (unpaired) electrons. The van der Waals surface area contributed by atoms with Gasteiger partial charge < -0.3 is 15.1 Å². The number of aromatic nitrogens is 2. The summed E-state index contributed by atoms with van der Waals surface area (Å²) in [4.78, 5) is 39.1. The summed E-state index contributed by atoms with van der Waals surface area (Å²) in [6, 6.07) is 13.6. The van der Waals surface area contributed by atoms with E-state index in [1.54, 1.807) is 17.5 Å². The summed E-state index contributed by atoms with van der Waals surface area (Å²) in [5.74, 6) is -0.0570. The van der Waals surface area contributed by atoms with Gasteiger partial charge in [-0.05, 0) is 31.0 Å². The number of anilines is 1. The highest BCUT2D eigenvalue weighted by Crippen LogP contribution is 2.27. The maximum atomic E-state index is 12.7. The zero-order valence-electron chi connectivity index (χ0n) is 17.7. The predicted octanol–water partition coefficient (Wildman–Crippen LogP) is 3.39. The lowest BCUT2D eigenvalue weighted by Gasteiger charge is -2.22. The summed E-state index contributed by atoms with van der Waals surface area (Å²) in [6.07, 6.45) is 3.11. The van der Waals surface area contributed by atoms with E-state index < -0.39 is 0 Å². The van der Waals surface area contributed by atoms with Crippen LogP contribution in [0.2, 0.25) is 0 Å². The van der Waals surface area contributed by atoms with E-state index in [-0.39, 0.29) is 30.7 Å². The molecule has 1 fully saturated rings. The van der Waals surface area contributed by atoms with Crippen molar-refractivity contribution in [2.75, 3.05) is 31.1 Å². The number of pyridine rings is 1. The molecule has 2 aromatic heterocycles. The Kier molecular flexibility index (Phi) is 6.76. The highest BCUT2D eigenvalue weighted by Gasteiger charge is 2.22. The highest BCUT2D eigenvalue weighted by atomic mass is 32.1. The van der Waals surface area contributed by atoms with Gasteiger partial charge in [-0.25, -0.2) is 9.97 Å². The molecule has 0 saturated carbocycles. The van der Waals surface area contributed by atoms with Gasteiger partial charge >= 0.3 is 0 Å². The van der Waals surface area contributed by atoms with Crippen LogP contribution in [0.4, 0.5) is 5.13 Å². The number of hydrogen-bond acceptors (Lipinski definition) is 6. The van der Waals surface area contributed by atoms with Crippen molar-refractivity contribution < 1.29 is 9.59 Å². The van der Waals surface area contributed by atoms with Crippen molar-refractivity contribution in [3.8, 4) is 0 Å². The average Bonchev–Trinajstić information content (AvgIpc) is 3.07. The lowest BCUT2D eigenvalue weighted by molar-refractivity contribution is -0.133. The maximum absolute atomic E-state index is 12.7. The van der Waals surface area contributed by atoms with Crippen molar-refractivity contribution in [1.29, 1.82) is 0 Å². The second-order valence-electron chi connectivity index (χ2n) is 7.75. The Labute approximate surface area is 186 Å². The SMILES string of the molecule is C[C@@H](NC(=O)CCC(=O)N1CCCN(c2nc3cccnc3s2)CC1)c1ccccc1. The first-order chi connectivity index (χ1) is 15.1. The molecule has 1 atom stereocenters. The Balaban J connectivity index is 1.26. The molecule has 3 aromatic rings. The van der Waals surface area contributed by atoms with E-state index in [0.29, 0.717) is 13.1 Å². The molecule has 1 N–H and O–H groups in total. The standard InChI is InChI=1S/C23H27N5O2S/c1-17(18-7-3-2-4-8-18)25-20(29)10-11-21(30)27-13-6-14-28(16-15-27)23-26-19-9-5-12-24-22(19)31-23/h2-5,7-9,12,17H,6,10-11,13-16H2,1H3,(H,25,29)/t17-/m1/s1. The normalized spacial score (nSPS) is 15.5. The van der Waals surface area contributed by atoms with E-state index in [1.807, 2.05) is 54.3 Å². The molecule has 1 aliphatic rings. The Bertz CT molecular complexity index is 1010. The number of carbonyl (C=O) groups excluding carboxylic acids is 2. The highest BCUT2D eigenvalue weighted by molar-refractivity contribution is 7.21. The molecule has 31 heavy (non-hydrogen) atoms. The molecule has 4 rings (SSSR count). The summed E-state index contributed by atoms with van der Waals surface area (Å²) >= 11 is 1.59. The molecule has 1 aromatic carbocycles. The van der Waals surface area contributed by atoms with Crippen LogP contribution < -0.4 is 10.2 Å². The summed E-state index contributed by atoms with van der Waals surface area (Å²) in [6.45, 7) is 4.90. The number of hydrogen-bond donors (Lipinski definition) is 1. The zero-order valence-corrected chi connectivity index (χ0v) is 18.5. The minimum atomic E-state index is -0.0943. The van der Waals surface area contributed by atoms with E-state index >= 15 is 0 Å². The molecule has 8 heteroatoms. The number of benzene rings is 1. The summed E-state index contributed by atoms with van der Waals surface area (Å²) < 4.78 is 0. The average molecular weight is 438 g/mol. The molecular formula is C23H27N5O2S. The van der Waals surface area contributed by atoms with E-state index in [0.717, 1.165) is 40.6 Å². The molecule has 2 amide bonds. The summed E-state index contributed by atoms with van der Waals surface area (Å²) in [5.41, 5.74) is 1.97. The molecule has 3 heterocycles. The van der Waals surface area contributed by atoms with Crippen LogP contribution in [0.3, 0.4) is 0 Å². The monoisotopic (exact) mass is 437 g/mol. The molecule has 0 aliphatic carbocycles. The van der Waals surface area contributed by atoms with Crippen molar-refractivity contribution in [2.45, 2.75) is 32.2 Å². The zero-order chi connectivity index (χ0) is 21.6. The number of thiazole rings is 1. The van der Waals surface area contributed by atoms with Crippen LogP contribution in [-0.2, 0) is 9.59 Å². The fraction of sp³-hybridized carbons (Fsp3) is 0.391. The quantitative estimate of drug-likeness (QED) is 0.640. The second kappa shape index (κ2) is 9.87. The third kappa shape index (κ3) is 5.38. The minimum Gasteiger partial charge on any atom is -0.350 e. The second-order valence-corrected chi connectivity index (χ2v) is 8.70. The number of amides is 2. The number of carbonyl (C=O) groups is 2. The maximum Gasteiger partial charge on any atom is 0.223 e. The van der Waals surface area contributed by atoms with Gasteiger partial charge in [0.15, 0.2) is 5.13 Å². The predicted molar refractivity (Wildman–Crippen MR) is 123 cm³/mol. The van der Waals surface area contributed by atoms with Gasteiger partial charge in [-0.3, -0.25) is 9.59 Å². The van der Waals surface area contributed by atoms with Crippen LogP contribution in [-0.4, -0.2) is 52.9 Å². The third-order valence-electron chi connectivity index (χ3n) is 5.52. The van der Waals surface area contributed by atoms with Gasteiger partial charge in [-0.2, -0.15) is 0 Å². The molecule has 0 spiro atoms. The summed E-state index contributed by atoms with van der Waals surface area (Å²) in [7, 11) is 0. The van der Waals surface area contributed by atoms with Crippen molar-refractivity contribution in [2.24, 2.45) is 0 Å². The van der Waals surface area contributed by atoms with Gasteiger partial charge in [0.25, 0.3) is 0 Å². The first kappa shape index (κ1) is 21.2. The van der Waals surface area contributed by atoms with Crippen molar-refractivity contribution >= 4 is 38.6 Å². The molecular weight excluding hydrogens is 410 g/mol. The Morgan fingerprint density at radius 1 is 1.06 bits per heavy atom. The topological polar surface area (TPSA) is 78.4 Å². The van der Waals surface area contributed by atoms with Crippen LogP contribution in [0.15, 0.2) is 48.7 Å². The first-order valence-corrected chi connectivity index (χ1v) is 11.5. The Morgan fingerprint density at radius 3 is 2.71 bits per heavy atom. The van der Waals surface area contributed by atoms with Crippen molar-refractivity contribution in [1.82, 2.24) is 20.2 Å². The fourth-order valence-corrected chi connectivity index (χ4v) is 4.73. The summed E-state index contributed by atoms with van der Waals surface area (Å²) in [5, 5.41) is 3.93. The third-order valence-corrected chi connectivity index (χ3v) is 6.56. The fourth-order valence-electron chi connectivity index (χ4n) is 3.77. The van der Waals surface area contributed by atoms with Gasteiger partial charge in [0.2, 0.25) is 11.8 Å². The number of nitrogens with zero attached hydrogens (tertiary/aromatic N) is 4. The van der Waals surface area contributed by atoms with Gasteiger partial charge in [-0.1, -0.05) is 41.7 Å². The van der Waals surface area contributed by atoms with Gasteiger partial charge in [0.05, 0.1) is 6.04 Å². The Hall–Kier alpha value is -3.00. The molecule has 1 aliphatic heterocycles.